The summed E-state index contributed by atoms with van der Waals surface area (Å²) < 4.78 is 2.25. The van der Waals surface area contributed by atoms with Crippen molar-refractivity contribution in [3.8, 4) is 17.3 Å². The molecule has 0 spiro atoms. The first kappa shape index (κ1) is 20.4. The predicted octanol–water partition coefficient (Wildman–Crippen LogP) is 4.87. The van der Waals surface area contributed by atoms with Crippen molar-refractivity contribution in [3.05, 3.63) is 72.2 Å². The molecule has 1 aromatic heterocycles. The molecule has 6 nitrogen and oxygen atoms in total. The standard InChI is InChI=1S/C25H23N5OS/c1-28-20-10-6-7-11-21(20)29(2)24(28)19(14-26)23(31)16-32-25-27-15-22(30(25)18-12-13-18)17-8-4-3-5-9-17/h3-11,15,18H,12-13,16H2,1-2H3. The highest BCUT2D eigenvalue weighted by Gasteiger charge is 2.32. The average Bonchev–Trinajstić information content (AvgIpc) is 3.53. The van der Waals surface area contributed by atoms with E-state index in [9.17, 15) is 10.1 Å². The summed E-state index contributed by atoms with van der Waals surface area (Å²) in [5.74, 6) is 0.600. The molecule has 1 aliphatic heterocycles. The molecule has 0 atom stereocenters. The molecule has 2 aliphatic rings. The summed E-state index contributed by atoms with van der Waals surface area (Å²) >= 11 is 1.41. The molecule has 1 saturated carbocycles. The highest BCUT2D eigenvalue weighted by atomic mass is 32.2. The predicted molar refractivity (Wildman–Crippen MR) is 128 cm³/mol. The van der Waals surface area contributed by atoms with Crippen LogP contribution in [0.15, 0.2) is 77.3 Å². The molecule has 1 fully saturated rings. The smallest absolute Gasteiger partial charge is 0.187 e. The Morgan fingerprint density at radius 3 is 2.28 bits per heavy atom. The van der Waals surface area contributed by atoms with Gasteiger partial charge in [0.25, 0.3) is 0 Å². The Labute approximate surface area is 191 Å². The zero-order chi connectivity index (χ0) is 22.2. The van der Waals surface area contributed by atoms with Crippen LogP contribution in [0.5, 0.6) is 0 Å². The van der Waals surface area contributed by atoms with E-state index >= 15 is 0 Å². The highest BCUT2D eigenvalue weighted by Crippen LogP contribution is 2.43. The number of nitriles is 1. The Morgan fingerprint density at radius 2 is 1.69 bits per heavy atom. The van der Waals surface area contributed by atoms with Crippen molar-refractivity contribution in [2.45, 2.75) is 24.0 Å². The number of thioether (sulfide) groups is 1. The Bertz CT molecular complexity index is 1220. The number of carbonyl (C=O) groups excluding carboxylic acids is 1. The summed E-state index contributed by atoms with van der Waals surface area (Å²) in [5.41, 5.74) is 4.33. The SMILES string of the molecule is CN1C(=C(C#N)C(=O)CSc2ncc(-c3ccccc3)n2C2CC2)N(C)c2ccccc21. The van der Waals surface area contributed by atoms with Crippen LogP contribution in [-0.2, 0) is 4.79 Å². The summed E-state index contributed by atoms with van der Waals surface area (Å²) in [6.07, 6.45) is 4.14. The summed E-state index contributed by atoms with van der Waals surface area (Å²) in [6.45, 7) is 0. The van der Waals surface area contributed by atoms with Gasteiger partial charge in [-0.15, -0.1) is 0 Å². The summed E-state index contributed by atoms with van der Waals surface area (Å²) in [6, 6.07) is 20.7. The van der Waals surface area contributed by atoms with Crippen molar-refractivity contribution in [3.63, 3.8) is 0 Å². The van der Waals surface area contributed by atoms with E-state index in [4.69, 9.17) is 0 Å². The van der Waals surface area contributed by atoms with E-state index < -0.39 is 0 Å². The molecule has 0 radical (unpaired) electrons. The number of fused-ring (bicyclic) bond motifs is 1. The van der Waals surface area contributed by atoms with Gasteiger partial charge in [0.2, 0.25) is 0 Å². The lowest BCUT2D eigenvalue weighted by Crippen LogP contribution is -2.26. The minimum absolute atomic E-state index is 0.169. The van der Waals surface area contributed by atoms with Gasteiger partial charge < -0.3 is 14.4 Å². The molecule has 160 valence electrons. The molecule has 0 unspecified atom stereocenters. The second-order valence-corrected chi connectivity index (χ2v) is 8.96. The van der Waals surface area contributed by atoms with Crippen LogP contribution in [-0.4, -0.2) is 35.2 Å². The van der Waals surface area contributed by atoms with Gasteiger partial charge in [0, 0.05) is 20.1 Å². The average molecular weight is 442 g/mol. The number of hydrogen-bond donors (Lipinski definition) is 0. The van der Waals surface area contributed by atoms with Crippen molar-refractivity contribution in [2.75, 3.05) is 29.6 Å². The number of Topliss-reactive ketones (excluding diaryl/α,β-unsaturated/α-hetero) is 1. The number of nitrogens with zero attached hydrogens (tertiary/aromatic N) is 5. The van der Waals surface area contributed by atoms with Crippen molar-refractivity contribution < 1.29 is 4.79 Å². The van der Waals surface area contributed by atoms with Gasteiger partial charge in [-0.25, -0.2) is 4.98 Å². The van der Waals surface area contributed by atoms with Crippen LogP contribution in [0.4, 0.5) is 11.4 Å². The third-order valence-electron chi connectivity index (χ3n) is 5.93. The number of para-hydroxylation sites is 2. The Morgan fingerprint density at radius 1 is 1.06 bits per heavy atom. The van der Waals surface area contributed by atoms with Crippen molar-refractivity contribution >= 4 is 28.9 Å². The number of benzene rings is 2. The van der Waals surface area contributed by atoms with Crippen LogP contribution in [0, 0.1) is 11.3 Å². The molecule has 7 heteroatoms. The van der Waals surface area contributed by atoms with Gasteiger partial charge in [0.05, 0.1) is 29.0 Å². The van der Waals surface area contributed by atoms with Crippen molar-refractivity contribution in [1.29, 1.82) is 5.26 Å². The van der Waals surface area contributed by atoms with Gasteiger partial charge in [-0.05, 0) is 30.5 Å². The van der Waals surface area contributed by atoms with E-state index in [-0.39, 0.29) is 17.1 Å². The molecule has 2 heterocycles. The van der Waals surface area contributed by atoms with E-state index in [2.05, 4.69) is 27.8 Å². The topological polar surface area (TPSA) is 65.2 Å². The normalized spacial score (nSPS) is 15.0. The number of allylic oxidation sites excluding steroid dienone is 1. The van der Waals surface area contributed by atoms with Crippen molar-refractivity contribution in [2.24, 2.45) is 0 Å². The summed E-state index contributed by atoms with van der Waals surface area (Å²) in [4.78, 5) is 21.6. The quantitative estimate of drug-likeness (QED) is 0.309. The molecule has 3 aromatic rings. The summed E-state index contributed by atoms with van der Waals surface area (Å²) in [5, 5.41) is 10.7. The molecule has 0 saturated heterocycles. The van der Waals surface area contributed by atoms with Crippen molar-refractivity contribution in [1.82, 2.24) is 9.55 Å². The second kappa shape index (κ2) is 8.21. The zero-order valence-corrected chi connectivity index (χ0v) is 18.8. The fraction of sp³-hybridized carbons (Fsp3) is 0.240. The number of rotatable bonds is 6. The first-order chi connectivity index (χ1) is 15.6. The van der Waals surface area contributed by atoms with E-state index in [0.29, 0.717) is 11.9 Å². The number of imidazole rings is 1. The summed E-state index contributed by atoms with van der Waals surface area (Å²) in [7, 11) is 3.78. The van der Waals surface area contributed by atoms with Gasteiger partial charge >= 0.3 is 0 Å². The van der Waals surface area contributed by atoms with Crippen LogP contribution in [0.3, 0.4) is 0 Å². The Balaban J connectivity index is 1.40. The van der Waals surface area contributed by atoms with Gasteiger partial charge in [0.15, 0.2) is 10.9 Å². The van der Waals surface area contributed by atoms with Crippen LogP contribution < -0.4 is 9.80 Å². The first-order valence-corrected chi connectivity index (χ1v) is 11.6. The fourth-order valence-electron chi connectivity index (χ4n) is 4.22. The minimum Gasteiger partial charge on any atom is -0.328 e. The lowest BCUT2D eigenvalue weighted by molar-refractivity contribution is -0.112. The molecule has 0 N–H and O–H groups in total. The maximum Gasteiger partial charge on any atom is 0.187 e. The Kier molecular flexibility index (Phi) is 5.24. The van der Waals surface area contributed by atoms with E-state index in [1.165, 1.54) is 11.8 Å². The van der Waals surface area contributed by atoms with Gasteiger partial charge in [0.1, 0.15) is 17.5 Å². The highest BCUT2D eigenvalue weighted by molar-refractivity contribution is 7.99. The number of anilines is 2. The molecule has 5 rings (SSSR count). The fourth-order valence-corrected chi connectivity index (χ4v) is 5.14. The number of carbonyl (C=O) groups is 1. The van der Waals surface area contributed by atoms with E-state index in [0.717, 1.165) is 40.6 Å². The zero-order valence-electron chi connectivity index (χ0n) is 18.0. The van der Waals surface area contributed by atoms with Crippen LogP contribution in [0.25, 0.3) is 11.3 Å². The van der Waals surface area contributed by atoms with Crippen LogP contribution in [0.1, 0.15) is 18.9 Å². The maximum atomic E-state index is 13.2. The van der Waals surface area contributed by atoms with Gasteiger partial charge in [-0.2, -0.15) is 5.26 Å². The monoisotopic (exact) mass is 441 g/mol. The number of ketones is 1. The molecule has 32 heavy (non-hydrogen) atoms. The first-order valence-electron chi connectivity index (χ1n) is 10.6. The molecule has 0 amide bonds. The molecule has 1 aliphatic carbocycles. The largest absolute Gasteiger partial charge is 0.328 e. The van der Waals surface area contributed by atoms with E-state index in [1.807, 2.05) is 72.6 Å². The number of hydrogen-bond acceptors (Lipinski definition) is 6. The van der Waals surface area contributed by atoms with Crippen LogP contribution >= 0.6 is 11.8 Å². The second-order valence-electron chi connectivity index (χ2n) is 8.02. The number of aromatic nitrogens is 2. The lowest BCUT2D eigenvalue weighted by atomic mass is 10.2. The minimum atomic E-state index is -0.189. The molecule has 2 aromatic carbocycles. The Hall–Kier alpha value is -3.50. The van der Waals surface area contributed by atoms with Crippen LogP contribution in [0.2, 0.25) is 0 Å². The molecular weight excluding hydrogens is 418 g/mol. The van der Waals surface area contributed by atoms with Gasteiger partial charge in [-0.1, -0.05) is 54.2 Å². The third kappa shape index (κ3) is 3.47. The van der Waals surface area contributed by atoms with E-state index in [1.54, 1.807) is 0 Å². The molecule has 0 bridgehead atoms. The third-order valence-corrected chi connectivity index (χ3v) is 6.90. The van der Waals surface area contributed by atoms with Gasteiger partial charge in [-0.3, -0.25) is 4.79 Å². The lowest BCUT2D eigenvalue weighted by Gasteiger charge is -2.19. The maximum absolute atomic E-state index is 13.2. The molecular formula is C25H23N5OS.